The molecule has 136 valence electrons. The van der Waals surface area contributed by atoms with Gasteiger partial charge in [0, 0.05) is 21.5 Å². The number of ether oxygens (including phenoxy) is 1. The first-order valence-corrected chi connectivity index (χ1v) is 9.18. The Hall–Kier alpha value is -2.55. The molecule has 3 aromatic rings. The van der Waals surface area contributed by atoms with Crippen LogP contribution in [0.4, 0.5) is 0 Å². The number of hydrogen-bond donors (Lipinski definition) is 0. The van der Waals surface area contributed by atoms with Gasteiger partial charge in [-0.05, 0) is 60.0 Å². The smallest absolute Gasteiger partial charge is 0.338 e. The van der Waals surface area contributed by atoms with Gasteiger partial charge in [0.2, 0.25) is 0 Å². The van der Waals surface area contributed by atoms with E-state index in [2.05, 4.69) is 6.58 Å². The molecule has 0 fully saturated rings. The predicted molar refractivity (Wildman–Crippen MR) is 111 cm³/mol. The number of benzene rings is 3. The quantitative estimate of drug-likeness (QED) is 0.208. The van der Waals surface area contributed by atoms with E-state index >= 15 is 0 Å². The third kappa shape index (κ3) is 4.79. The van der Waals surface area contributed by atoms with Crippen LogP contribution < -0.4 is 4.74 Å². The molecule has 0 aliphatic carbocycles. The summed E-state index contributed by atoms with van der Waals surface area (Å²) >= 11 is 12.1. The molecule has 2 nitrogen and oxygen atoms in total. The predicted octanol–water partition coefficient (Wildman–Crippen LogP) is 6.66. The molecular formula is C23H18Cl2O2. The van der Waals surface area contributed by atoms with Crippen LogP contribution in [-0.4, -0.2) is 5.97 Å². The summed E-state index contributed by atoms with van der Waals surface area (Å²) in [7, 11) is 0. The number of halogens is 2. The van der Waals surface area contributed by atoms with E-state index in [9.17, 15) is 4.79 Å². The van der Waals surface area contributed by atoms with Crippen LogP contribution in [0.3, 0.4) is 0 Å². The number of carbonyl (C=O) groups is 1. The molecule has 0 unspecified atom stereocenters. The summed E-state index contributed by atoms with van der Waals surface area (Å²) < 4.78 is 5.28. The maximum atomic E-state index is 11.7. The molecule has 0 aliphatic rings. The first-order chi connectivity index (χ1) is 12.9. The molecule has 0 heterocycles. The van der Waals surface area contributed by atoms with Crippen molar-refractivity contribution in [1.29, 1.82) is 0 Å². The lowest BCUT2D eigenvalue weighted by Gasteiger charge is -2.19. The maximum Gasteiger partial charge on any atom is 0.338 e. The Bertz CT molecular complexity index is 898. The standard InChI is InChI=1S/C23H18Cl2O2/c1-15(2)23(26)27-21-13-7-18(8-14-21)22(16-3-9-19(24)10-4-16)17-5-11-20(25)12-6-17/h3-14,22H,1H2,2H3. The lowest BCUT2D eigenvalue weighted by Crippen LogP contribution is -2.08. The van der Waals surface area contributed by atoms with E-state index in [4.69, 9.17) is 27.9 Å². The summed E-state index contributed by atoms with van der Waals surface area (Å²) in [5.41, 5.74) is 3.64. The lowest BCUT2D eigenvalue weighted by molar-refractivity contribution is -0.130. The second-order valence-corrected chi connectivity index (χ2v) is 7.15. The molecule has 0 saturated carbocycles. The maximum absolute atomic E-state index is 11.7. The Kier molecular flexibility index (Phi) is 6.00. The second-order valence-electron chi connectivity index (χ2n) is 6.28. The fourth-order valence-corrected chi connectivity index (χ4v) is 3.06. The zero-order chi connectivity index (χ0) is 19.4. The molecule has 0 atom stereocenters. The minimum absolute atomic E-state index is 0.00502. The monoisotopic (exact) mass is 396 g/mol. The summed E-state index contributed by atoms with van der Waals surface area (Å²) in [5, 5.41) is 1.38. The Balaban J connectivity index is 1.97. The van der Waals surface area contributed by atoms with Crippen molar-refractivity contribution >= 4 is 29.2 Å². The average molecular weight is 397 g/mol. The topological polar surface area (TPSA) is 26.3 Å². The Morgan fingerprint density at radius 1 is 0.778 bits per heavy atom. The van der Waals surface area contributed by atoms with Crippen LogP contribution in [0.2, 0.25) is 10.0 Å². The van der Waals surface area contributed by atoms with Crippen molar-refractivity contribution in [3.8, 4) is 5.75 Å². The van der Waals surface area contributed by atoms with Gasteiger partial charge in [0.15, 0.2) is 0 Å². The van der Waals surface area contributed by atoms with Crippen molar-refractivity contribution in [1.82, 2.24) is 0 Å². The molecular weight excluding hydrogens is 379 g/mol. The van der Waals surface area contributed by atoms with Gasteiger partial charge in [0.25, 0.3) is 0 Å². The van der Waals surface area contributed by atoms with Crippen molar-refractivity contribution in [2.24, 2.45) is 0 Å². The van der Waals surface area contributed by atoms with Crippen LogP contribution in [-0.2, 0) is 4.79 Å². The third-order valence-corrected chi connectivity index (χ3v) is 4.68. The molecule has 4 heteroatoms. The first kappa shape index (κ1) is 19.2. The highest BCUT2D eigenvalue weighted by Gasteiger charge is 2.17. The van der Waals surface area contributed by atoms with Gasteiger partial charge in [0.1, 0.15) is 5.75 Å². The van der Waals surface area contributed by atoms with E-state index in [-0.39, 0.29) is 5.92 Å². The number of hydrogen-bond acceptors (Lipinski definition) is 2. The number of esters is 1. The molecule has 0 aliphatic heterocycles. The fraction of sp³-hybridized carbons (Fsp3) is 0.0870. The zero-order valence-corrected chi connectivity index (χ0v) is 16.3. The molecule has 3 rings (SSSR count). The Morgan fingerprint density at radius 3 is 1.52 bits per heavy atom. The van der Waals surface area contributed by atoms with Crippen molar-refractivity contribution in [2.45, 2.75) is 12.8 Å². The molecule has 3 aromatic carbocycles. The summed E-state index contributed by atoms with van der Waals surface area (Å²) in [6.07, 6.45) is 0. The van der Waals surface area contributed by atoms with E-state index in [0.717, 1.165) is 16.7 Å². The minimum Gasteiger partial charge on any atom is -0.423 e. The molecule has 27 heavy (non-hydrogen) atoms. The summed E-state index contributed by atoms with van der Waals surface area (Å²) in [4.78, 5) is 11.7. The zero-order valence-electron chi connectivity index (χ0n) is 14.8. The van der Waals surface area contributed by atoms with Crippen LogP contribution in [0.5, 0.6) is 5.75 Å². The normalized spacial score (nSPS) is 10.7. The van der Waals surface area contributed by atoms with Gasteiger partial charge in [-0.2, -0.15) is 0 Å². The highest BCUT2D eigenvalue weighted by Crippen LogP contribution is 2.34. The van der Waals surface area contributed by atoms with Gasteiger partial charge in [-0.1, -0.05) is 66.2 Å². The van der Waals surface area contributed by atoms with Crippen molar-refractivity contribution in [3.63, 3.8) is 0 Å². The molecule has 0 bridgehead atoms. The van der Waals surface area contributed by atoms with Crippen molar-refractivity contribution in [2.75, 3.05) is 0 Å². The van der Waals surface area contributed by atoms with Crippen LogP contribution in [0.15, 0.2) is 84.9 Å². The van der Waals surface area contributed by atoms with E-state index in [0.29, 0.717) is 21.4 Å². The summed E-state index contributed by atoms with van der Waals surface area (Å²) in [6, 6.07) is 23.0. The summed E-state index contributed by atoms with van der Waals surface area (Å²) in [5.74, 6) is 0.0536. The molecule has 0 spiro atoms. The van der Waals surface area contributed by atoms with Gasteiger partial charge in [-0.25, -0.2) is 4.79 Å². The second kappa shape index (κ2) is 8.43. The van der Waals surface area contributed by atoms with Crippen LogP contribution in [0.25, 0.3) is 0 Å². The highest BCUT2D eigenvalue weighted by molar-refractivity contribution is 6.30. The lowest BCUT2D eigenvalue weighted by atomic mass is 9.85. The molecule has 0 radical (unpaired) electrons. The van der Waals surface area contributed by atoms with Crippen molar-refractivity contribution in [3.05, 3.63) is 112 Å². The van der Waals surface area contributed by atoms with E-state index in [1.54, 1.807) is 19.1 Å². The van der Waals surface area contributed by atoms with Crippen LogP contribution in [0.1, 0.15) is 29.5 Å². The van der Waals surface area contributed by atoms with Gasteiger partial charge in [0.05, 0.1) is 0 Å². The Labute approximate surface area is 169 Å². The van der Waals surface area contributed by atoms with E-state index < -0.39 is 5.97 Å². The van der Waals surface area contributed by atoms with Crippen LogP contribution >= 0.6 is 23.2 Å². The van der Waals surface area contributed by atoms with Gasteiger partial charge < -0.3 is 4.74 Å². The fourth-order valence-electron chi connectivity index (χ4n) is 2.81. The molecule has 0 aromatic heterocycles. The molecule has 0 amide bonds. The summed E-state index contributed by atoms with van der Waals surface area (Å²) in [6.45, 7) is 5.21. The number of carbonyl (C=O) groups excluding carboxylic acids is 1. The molecule has 0 saturated heterocycles. The third-order valence-electron chi connectivity index (χ3n) is 4.18. The highest BCUT2D eigenvalue weighted by atomic mass is 35.5. The van der Waals surface area contributed by atoms with Crippen LogP contribution in [0, 0.1) is 0 Å². The number of rotatable bonds is 5. The average Bonchev–Trinajstić information content (AvgIpc) is 2.66. The minimum atomic E-state index is -0.435. The first-order valence-electron chi connectivity index (χ1n) is 8.42. The van der Waals surface area contributed by atoms with Gasteiger partial charge in [-0.15, -0.1) is 0 Å². The van der Waals surface area contributed by atoms with Gasteiger partial charge in [-0.3, -0.25) is 0 Å². The van der Waals surface area contributed by atoms with Gasteiger partial charge >= 0.3 is 5.97 Å². The van der Waals surface area contributed by atoms with E-state index in [1.165, 1.54) is 0 Å². The Morgan fingerprint density at radius 2 is 1.15 bits per heavy atom. The van der Waals surface area contributed by atoms with Crippen molar-refractivity contribution < 1.29 is 9.53 Å². The largest absolute Gasteiger partial charge is 0.423 e. The SMILES string of the molecule is C=C(C)C(=O)Oc1ccc(C(c2ccc(Cl)cc2)c2ccc(Cl)cc2)cc1. The molecule has 0 N–H and O–H groups in total. The van der Waals surface area contributed by atoms with E-state index in [1.807, 2.05) is 60.7 Å².